The van der Waals surface area contributed by atoms with Gasteiger partial charge in [0.15, 0.2) is 0 Å². The molecule has 4 nitrogen and oxygen atoms in total. The standard InChI is InChI=1S/C17H16N4/c1-12-3-4-15(11-13(12)2)20-17-19-10-7-16(21-17)14-5-8-18-9-6-14/h3-11H,1-2H3,(H,19,20,21). The minimum absolute atomic E-state index is 0.590. The molecule has 0 aliphatic rings. The molecule has 0 spiro atoms. The van der Waals surface area contributed by atoms with E-state index in [1.807, 2.05) is 24.3 Å². The highest BCUT2D eigenvalue weighted by molar-refractivity contribution is 5.61. The van der Waals surface area contributed by atoms with E-state index in [0.29, 0.717) is 5.95 Å². The predicted octanol–water partition coefficient (Wildman–Crippen LogP) is 3.90. The summed E-state index contributed by atoms with van der Waals surface area (Å²) in [5, 5.41) is 3.24. The Kier molecular flexibility index (Phi) is 3.60. The molecule has 3 rings (SSSR count). The largest absolute Gasteiger partial charge is 0.324 e. The van der Waals surface area contributed by atoms with Crippen LogP contribution < -0.4 is 5.32 Å². The number of nitrogens with zero attached hydrogens (tertiary/aromatic N) is 3. The lowest BCUT2D eigenvalue weighted by Crippen LogP contribution is -1.98. The lowest BCUT2D eigenvalue weighted by molar-refractivity contribution is 1.16. The number of nitrogens with one attached hydrogen (secondary N) is 1. The molecule has 2 heterocycles. The first-order chi connectivity index (χ1) is 10.2. The second-order valence-corrected chi connectivity index (χ2v) is 4.93. The minimum Gasteiger partial charge on any atom is -0.324 e. The van der Waals surface area contributed by atoms with Gasteiger partial charge in [0.2, 0.25) is 5.95 Å². The van der Waals surface area contributed by atoms with Crippen LogP contribution in [0.25, 0.3) is 11.3 Å². The van der Waals surface area contributed by atoms with Crippen molar-refractivity contribution >= 4 is 11.6 Å². The van der Waals surface area contributed by atoms with Crippen LogP contribution in [-0.4, -0.2) is 15.0 Å². The Balaban J connectivity index is 1.88. The van der Waals surface area contributed by atoms with Gasteiger partial charge in [-0.15, -0.1) is 0 Å². The number of benzene rings is 1. The zero-order valence-electron chi connectivity index (χ0n) is 12.0. The van der Waals surface area contributed by atoms with Gasteiger partial charge in [-0.05, 0) is 55.3 Å². The van der Waals surface area contributed by atoms with Crippen molar-refractivity contribution in [3.63, 3.8) is 0 Å². The highest BCUT2D eigenvalue weighted by atomic mass is 15.1. The maximum atomic E-state index is 4.54. The molecule has 0 amide bonds. The monoisotopic (exact) mass is 276 g/mol. The van der Waals surface area contributed by atoms with E-state index in [2.05, 4.69) is 46.2 Å². The van der Waals surface area contributed by atoms with Crippen molar-refractivity contribution in [3.05, 3.63) is 66.1 Å². The molecule has 1 N–H and O–H groups in total. The topological polar surface area (TPSA) is 50.7 Å². The van der Waals surface area contributed by atoms with Crippen molar-refractivity contribution in [2.75, 3.05) is 5.32 Å². The maximum absolute atomic E-state index is 4.54. The minimum atomic E-state index is 0.590. The van der Waals surface area contributed by atoms with E-state index in [1.165, 1.54) is 11.1 Å². The van der Waals surface area contributed by atoms with Crippen LogP contribution >= 0.6 is 0 Å². The SMILES string of the molecule is Cc1ccc(Nc2nccc(-c3ccncc3)n2)cc1C. The van der Waals surface area contributed by atoms with Crippen molar-refractivity contribution in [3.8, 4) is 11.3 Å². The van der Waals surface area contributed by atoms with Gasteiger partial charge in [-0.3, -0.25) is 4.98 Å². The molecule has 3 aromatic rings. The summed E-state index contributed by atoms with van der Waals surface area (Å²) in [7, 11) is 0. The van der Waals surface area contributed by atoms with Gasteiger partial charge < -0.3 is 5.32 Å². The number of anilines is 2. The molecule has 0 atom stereocenters. The lowest BCUT2D eigenvalue weighted by Gasteiger charge is -2.08. The van der Waals surface area contributed by atoms with Crippen LogP contribution in [0.3, 0.4) is 0 Å². The van der Waals surface area contributed by atoms with Crippen LogP contribution in [0.15, 0.2) is 55.0 Å². The molecule has 4 heteroatoms. The van der Waals surface area contributed by atoms with E-state index >= 15 is 0 Å². The van der Waals surface area contributed by atoms with Gasteiger partial charge in [-0.2, -0.15) is 0 Å². The van der Waals surface area contributed by atoms with Gasteiger partial charge in [0.1, 0.15) is 0 Å². The Labute approximate surface area is 123 Å². The molecular formula is C17H16N4. The van der Waals surface area contributed by atoms with E-state index in [1.54, 1.807) is 18.6 Å². The Morgan fingerprint density at radius 3 is 2.43 bits per heavy atom. The summed E-state index contributed by atoms with van der Waals surface area (Å²) in [6, 6.07) is 12.0. The summed E-state index contributed by atoms with van der Waals surface area (Å²) < 4.78 is 0. The van der Waals surface area contributed by atoms with Crippen molar-refractivity contribution in [2.24, 2.45) is 0 Å². The molecule has 104 valence electrons. The summed E-state index contributed by atoms with van der Waals surface area (Å²) in [6.07, 6.45) is 5.27. The Hall–Kier alpha value is -2.75. The van der Waals surface area contributed by atoms with Gasteiger partial charge in [0, 0.05) is 29.8 Å². The Morgan fingerprint density at radius 2 is 1.67 bits per heavy atom. The third-order valence-electron chi connectivity index (χ3n) is 3.39. The van der Waals surface area contributed by atoms with Crippen molar-refractivity contribution in [2.45, 2.75) is 13.8 Å². The number of pyridine rings is 1. The van der Waals surface area contributed by atoms with Gasteiger partial charge >= 0.3 is 0 Å². The fourth-order valence-corrected chi connectivity index (χ4v) is 2.05. The van der Waals surface area contributed by atoms with E-state index in [9.17, 15) is 0 Å². The molecule has 0 bridgehead atoms. The summed E-state index contributed by atoms with van der Waals surface area (Å²) in [5.41, 5.74) is 5.40. The van der Waals surface area contributed by atoms with Crippen molar-refractivity contribution in [1.82, 2.24) is 15.0 Å². The molecule has 2 aromatic heterocycles. The van der Waals surface area contributed by atoms with Gasteiger partial charge in [0.05, 0.1) is 5.69 Å². The van der Waals surface area contributed by atoms with E-state index in [-0.39, 0.29) is 0 Å². The summed E-state index contributed by atoms with van der Waals surface area (Å²) >= 11 is 0. The first-order valence-corrected chi connectivity index (χ1v) is 6.80. The maximum Gasteiger partial charge on any atom is 0.227 e. The van der Waals surface area contributed by atoms with Gasteiger partial charge in [-0.1, -0.05) is 6.07 Å². The zero-order chi connectivity index (χ0) is 14.7. The van der Waals surface area contributed by atoms with E-state index in [0.717, 1.165) is 16.9 Å². The molecular weight excluding hydrogens is 260 g/mol. The Morgan fingerprint density at radius 1 is 0.857 bits per heavy atom. The van der Waals surface area contributed by atoms with Crippen molar-refractivity contribution < 1.29 is 0 Å². The van der Waals surface area contributed by atoms with E-state index < -0.39 is 0 Å². The average Bonchev–Trinajstić information content (AvgIpc) is 2.52. The molecule has 0 saturated heterocycles. The Bertz CT molecular complexity index is 754. The summed E-state index contributed by atoms with van der Waals surface area (Å²) in [5.74, 6) is 0.590. The first kappa shape index (κ1) is 13.2. The number of aryl methyl sites for hydroxylation is 2. The molecule has 0 unspecified atom stereocenters. The zero-order valence-corrected chi connectivity index (χ0v) is 12.0. The van der Waals surface area contributed by atoms with Gasteiger partial charge in [-0.25, -0.2) is 9.97 Å². The molecule has 21 heavy (non-hydrogen) atoms. The van der Waals surface area contributed by atoms with Gasteiger partial charge in [0.25, 0.3) is 0 Å². The summed E-state index contributed by atoms with van der Waals surface area (Å²) in [4.78, 5) is 12.8. The van der Waals surface area contributed by atoms with Crippen LogP contribution in [0.4, 0.5) is 11.6 Å². The molecule has 0 saturated carbocycles. The van der Waals surface area contributed by atoms with Crippen LogP contribution in [0.2, 0.25) is 0 Å². The number of hydrogen-bond donors (Lipinski definition) is 1. The average molecular weight is 276 g/mol. The number of rotatable bonds is 3. The highest BCUT2D eigenvalue weighted by Crippen LogP contribution is 2.20. The normalized spacial score (nSPS) is 10.4. The smallest absolute Gasteiger partial charge is 0.227 e. The fraction of sp³-hybridized carbons (Fsp3) is 0.118. The molecule has 1 aromatic carbocycles. The fourth-order valence-electron chi connectivity index (χ4n) is 2.05. The number of hydrogen-bond acceptors (Lipinski definition) is 4. The molecule has 0 aliphatic heterocycles. The second-order valence-electron chi connectivity index (χ2n) is 4.93. The predicted molar refractivity (Wildman–Crippen MR) is 84.5 cm³/mol. The van der Waals surface area contributed by atoms with E-state index in [4.69, 9.17) is 0 Å². The molecule has 0 fully saturated rings. The lowest BCUT2D eigenvalue weighted by atomic mass is 10.1. The third kappa shape index (κ3) is 3.05. The van der Waals surface area contributed by atoms with Crippen LogP contribution in [-0.2, 0) is 0 Å². The van der Waals surface area contributed by atoms with Crippen LogP contribution in [0.5, 0.6) is 0 Å². The first-order valence-electron chi connectivity index (χ1n) is 6.80. The summed E-state index contributed by atoms with van der Waals surface area (Å²) in [6.45, 7) is 4.19. The second kappa shape index (κ2) is 5.71. The molecule has 0 radical (unpaired) electrons. The highest BCUT2D eigenvalue weighted by Gasteiger charge is 2.03. The quantitative estimate of drug-likeness (QED) is 0.788. The molecule has 0 aliphatic carbocycles. The van der Waals surface area contributed by atoms with Crippen molar-refractivity contribution in [1.29, 1.82) is 0 Å². The number of aromatic nitrogens is 3. The van der Waals surface area contributed by atoms with Crippen LogP contribution in [0, 0.1) is 13.8 Å². The van der Waals surface area contributed by atoms with Crippen LogP contribution in [0.1, 0.15) is 11.1 Å². The third-order valence-corrected chi connectivity index (χ3v) is 3.39.